The van der Waals surface area contributed by atoms with Crippen LogP contribution in [-0.4, -0.2) is 49.7 Å². The van der Waals surface area contributed by atoms with Crippen molar-refractivity contribution >= 4 is 0 Å². The molecule has 1 aliphatic heterocycles. The summed E-state index contributed by atoms with van der Waals surface area (Å²) in [5.41, 5.74) is 0.702. The molecular weight excluding hydrogens is 512 g/mol. The summed E-state index contributed by atoms with van der Waals surface area (Å²) in [4.78, 5) is 26.4. The quantitative estimate of drug-likeness (QED) is 0.303. The van der Waals surface area contributed by atoms with Crippen molar-refractivity contribution in [3.8, 4) is 11.5 Å². The molecule has 0 spiro atoms. The number of benzene rings is 3. The van der Waals surface area contributed by atoms with Crippen LogP contribution in [0.1, 0.15) is 29.3 Å². The Balaban J connectivity index is 1.54. The maximum Gasteiger partial charge on any atom is 0.330 e. The molecule has 0 radical (unpaired) electrons. The van der Waals surface area contributed by atoms with Crippen LogP contribution in [0, 0.1) is 0 Å². The van der Waals surface area contributed by atoms with Gasteiger partial charge in [-0.05, 0) is 41.0 Å². The predicted octanol–water partition coefficient (Wildman–Crippen LogP) is 3.87. The molecule has 3 atom stereocenters. The minimum absolute atomic E-state index is 0.196. The zero-order chi connectivity index (χ0) is 28.1. The first-order valence-corrected chi connectivity index (χ1v) is 13.0. The van der Waals surface area contributed by atoms with Crippen LogP contribution >= 0.6 is 0 Å². The number of hydrogen-bond donors (Lipinski definition) is 1. The van der Waals surface area contributed by atoms with Gasteiger partial charge in [0.2, 0.25) is 0 Å². The molecule has 3 unspecified atom stereocenters. The predicted molar refractivity (Wildman–Crippen MR) is 149 cm³/mol. The summed E-state index contributed by atoms with van der Waals surface area (Å²) >= 11 is 0. The Labute approximate surface area is 231 Å². The van der Waals surface area contributed by atoms with Crippen LogP contribution in [0.4, 0.5) is 0 Å². The number of methoxy groups -OCH3 is 3. The Kier molecular flexibility index (Phi) is 8.16. The number of nitrogens with one attached hydrogen (secondary N) is 1. The molecule has 40 heavy (non-hydrogen) atoms. The Morgan fingerprint density at radius 3 is 1.93 bits per heavy atom. The first kappa shape index (κ1) is 27.4. The van der Waals surface area contributed by atoms with Gasteiger partial charge in [-0.25, -0.2) is 4.79 Å². The molecule has 208 valence electrons. The van der Waals surface area contributed by atoms with Gasteiger partial charge in [-0.2, -0.15) is 0 Å². The van der Waals surface area contributed by atoms with E-state index in [-0.39, 0.29) is 6.61 Å². The molecule has 1 fully saturated rings. The van der Waals surface area contributed by atoms with Crippen LogP contribution in [0.5, 0.6) is 11.5 Å². The maximum absolute atomic E-state index is 12.5. The zero-order valence-corrected chi connectivity index (χ0v) is 22.6. The lowest BCUT2D eigenvalue weighted by Crippen LogP contribution is -2.36. The fourth-order valence-electron chi connectivity index (χ4n) is 5.20. The third-order valence-corrected chi connectivity index (χ3v) is 7.23. The van der Waals surface area contributed by atoms with Gasteiger partial charge in [-0.3, -0.25) is 14.3 Å². The second-order valence-electron chi connectivity index (χ2n) is 9.49. The minimum Gasteiger partial charge on any atom is -0.497 e. The van der Waals surface area contributed by atoms with Gasteiger partial charge in [-0.15, -0.1) is 0 Å². The summed E-state index contributed by atoms with van der Waals surface area (Å²) in [6, 6.07) is 26.9. The van der Waals surface area contributed by atoms with Gasteiger partial charge in [0.05, 0.1) is 26.9 Å². The normalized spacial score (nSPS) is 18.9. The topological polar surface area (TPSA) is 101 Å². The van der Waals surface area contributed by atoms with Gasteiger partial charge in [-0.1, -0.05) is 54.6 Å². The van der Waals surface area contributed by atoms with E-state index in [9.17, 15) is 9.59 Å². The van der Waals surface area contributed by atoms with Crippen molar-refractivity contribution in [3.05, 3.63) is 129 Å². The van der Waals surface area contributed by atoms with Crippen LogP contribution in [0.2, 0.25) is 0 Å². The first-order valence-electron chi connectivity index (χ1n) is 13.0. The summed E-state index contributed by atoms with van der Waals surface area (Å²) in [5, 5.41) is 0. The molecule has 9 heteroatoms. The fraction of sp³-hybridized carbons (Fsp3) is 0.290. The van der Waals surface area contributed by atoms with E-state index in [0.717, 1.165) is 28.2 Å². The van der Waals surface area contributed by atoms with Gasteiger partial charge in [0.15, 0.2) is 6.23 Å². The van der Waals surface area contributed by atoms with Crippen LogP contribution in [-0.2, 0) is 19.8 Å². The van der Waals surface area contributed by atoms with Crippen molar-refractivity contribution < 1.29 is 23.7 Å². The molecule has 9 nitrogen and oxygen atoms in total. The van der Waals surface area contributed by atoms with Crippen molar-refractivity contribution in [1.29, 1.82) is 0 Å². The van der Waals surface area contributed by atoms with Gasteiger partial charge in [0.1, 0.15) is 23.2 Å². The smallest absolute Gasteiger partial charge is 0.330 e. The molecule has 0 saturated carbocycles. The number of H-pyrrole nitrogens is 1. The number of nitrogens with zero attached hydrogens (tertiary/aromatic N) is 1. The highest BCUT2D eigenvalue weighted by atomic mass is 16.6. The monoisotopic (exact) mass is 544 g/mol. The number of ether oxygens (including phenoxy) is 5. The van der Waals surface area contributed by atoms with Gasteiger partial charge >= 0.3 is 5.69 Å². The SMILES string of the molecule is COc1ccc(C(OCC2CC(OC)C(n3ccc(=O)[nH]c3=O)O2)(c2ccccc2)c2ccc(OC)cc2)cc1. The molecule has 1 aliphatic rings. The molecule has 2 heterocycles. The van der Waals surface area contributed by atoms with Gasteiger partial charge in [0, 0.05) is 25.8 Å². The van der Waals surface area contributed by atoms with E-state index in [1.807, 2.05) is 78.9 Å². The Morgan fingerprint density at radius 1 is 0.825 bits per heavy atom. The Morgan fingerprint density at radius 2 is 1.40 bits per heavy atom. The molecule has 1 saturated heterocycles. The molecule has 3 aromatic carbocycles. The molecular formula is C31H32N2O7. The van der Waals surface area contributed by atoms with E-state index in [0.29, 0.717) is 6.42 Å². The van der Waals surface area contributed by atoms with E-state index in [1.54, 1.807) is 21.3 Å². The van der Waals surface area contributed by atoms with Crippen LogP contribution in [0.15, 0.2) is 101 Å². The minimum atomic E-state index is -1.00. The van der Waals surface area contributed by atoms with E-state index in [1.165, 1.54) is 16.8 Å². The molecule has 4 aromatic rings. The van der Waals surface area contributed by atoms with Crippen LogP contribution in [0.3, 0.4) is 0 Å². The first-order chi connectivity index (χ1) is 19.5. The second-order valence-corrected chi connectivity index (χ2v) is 9.49. The Hall–Kier alpha value is -4.18. The van der Waals surface area contributed by atoms with Crippen molar-refractivity contribution in [1.82, 2.24) is 9.55 Å². The number of rotatable bonds is 10. The largest absolute Gasteiger partial charge is 0.497 e. The summed E-state index contributed by atoms with van der Waals surface area (Å²) in [6.45, 7) is 0.196. The molecule has 1 aromatic heterocycles. The number of aromatic amines is 1. The molecule has 0 bridgehead atoms. The average Bonchev–Trinajstić information content (AvgIpc) is 3.41. The Bertz CT molecular complexity index is 1470. The molecule has 0 amide bonds. The molecule has 5 rings (SSSR count). The standard InChI is InChI=1S/C31H32N2O7/c1-36-24-13-9-22(10-14-24)31(21-7-5-4-6-8-21,23-11-15-25(37-2)16-12-23)39-20-26-19-27(38-3)29(40-26)33-18-17-28(34)32-30(33)35/h4-18,26-27,29H,19-20H2,1-3H3,(H,32,34,35). The highest BCUT2D eigenvalue weighted by Crippen LogP contribution is 2.42. The van der Waals surface area contributed by atoms with Crippen LogP contribution < -0.4 is 20.7 Å². The third kappa shape index (κ3) is 5.31. The maximum atomic E-state index is 12.5. The molecule has 1 N–H and O–H groups in total. The lowest BCUT2D eigenvalue weighted by Gasteiger charge is -2.37. The fourth-order valence-corrected chi connectivity index (χ4v) is 5.20. The molecule has 0 aliphatic carbocycles. The van der Waals surface area contributed by atoms with E-state index in [4.69, 9.17) is 23.7 Å². The van der Waals surface area contributed by atoms with E-state index < -0.39 is 35.3 Å². The van der Waals surface area contributed by atoms with Gasteiger partial charge < -0.3 is 23.7 Å². The summed E-state index contributed by atoms with van der Waals surface area (Å²) in [6.07, 6.45) is 0.391. The summed E-state index contributed by atoms with van der Waals surface area (Å²) < 4.78 is 31.1. The van der Waals surface area contributed by atoms with E-state index in [2.05, 4.69) is 4.98 Å². The van der Waals surface area contributed by atoms with Crippen molar-refractivity contribution in [2.24, 2.45) is 0 Å². The second kappa shape index (κ2) is 11.9. The number of hydrogen-bond acceptors (Lipinski definition) is 7. The van der Waals surface area contributed by atoms with E-state index >= 15 is 0 Å². The van der Waals surface area contributed by atoms with Gasteiger partial charge in [0.25, 0.3) is 5.56 Å². The summed E-state index contributed by atoms with van der Waals surface area (Å²) in [7, 11) is 4.84. The lowest BCUT2D eigenvalue weighted by atomic mass is 9.80. The van der Waals surface area contributed by atoms with Crippen LogP contribution in [0.25, 0.3) is 0 Å². The van der Waals surface area contributed by atoms with Crippen molar-refractivity contribution in [2.45, 2.75) is 30.5 Å². The lowest BCUT2D eigenvalue weighted by molar-refractivity contribution is -0.0912. The van der Waals surface area contributed by atoms with Crippen molar-refractivity contribution in [2.75, 3.05) is 27.9 Å². The number of aromatic nitrogens is 2. The summed E-state index contributed by atoms with van der Waals surface area (Å²) in [5.74, 6) is 1.47. The average molecular weight is 545 g/mol. The zero-order valence-electron chi connectivity index (χ0n) is 22.6. The highest BCUT2D eigenvalue weighted by molar-refractivity contribution is 5.49. The highest BCUT2D eigenvalue weighted by Gasteiger charge is 2.42. The van der Waals surface area contributed by atoms with Crippen molar-refractivity contribution in [3.63, 3.8) is 0 Å². The third-order valence-electron chi connectivity index (χ3n) is 7.23.